The van der Waals surface area contributed by atoms with Crippen LogP contribution in [0.4, 0.5) is 0 Å². The summed E-state index contributed by atoms with van der Waals surface area (Å²) in [4.78, 5) is 20.6. The van der Waals surface area contributed by atoms with E-state index >= 15 is 0 Å². The lowest BCUT2D eigenvalue weighted by Gasteiger charge is -1.93. The van der Waals surface area contributed by atoms with Crippen LogP contribution in [0.25, 0.3) is 0 Å². The van der Waals surface area contributed by atoms with Crippen LogP contribution < -0.4 is 0 Å². The quantitative estimate of drug-likeness (QED) is 0.375. The molecule has 0 amide bonds. The van der Waals surface area contributed by atoms with Crippen LogP contribution in [0, 0.1) is 20.2 Å². The summed E-state index contributed by atoms with van der Waals surface area (Å²) in [7, 11) is 0. The lowest BCUT2D eigenvalue weighted by atomic mass is 10.1. The van der Waals surface area contributed by atoms with Crippen LogP contribution in [-0.4, -0.2) is 10.2 Å². The van der Waals surface area contributed by atoms with Crippen molar-refractivity contribution in [1.29, 1.82) is 0 Å². The van der Waals surface area contributed by atoms with Gasteiger partial charge in [0.25, 0.3) is 0 Å². The molecule has 7 heteroatoms. The van der Waals surface area contributed by atoms with Crippen molar-refractivity contribution < 1.29 is 15.1 Å². The fourth-order valence-corrected chi connectivity index (χ4v) is 0.908. The van der Waals surface area contributed by atoms with E-state index in [4.69, 9.17) is 20.2 Å². The van der Waals surface area contributed by atoms with E-state index < -0.39 is 10.2 Å². The van der Waals surface area contributed by atoms with E-state index in [1.807, 2.05) is 0 Å². The summed E-state index contributed by atoms with van der Waals surface area (Å²) in [6.07, 6.45) is 8.49. The molecular weight excluding hydrogens is 204 g/mol. The second kappa shape index (κ2) is 12.6. The Bertz CT molecular complexity index is 156. The molecule has 0 aromatic rings. The first-order valence-electron chi connectivity index (χ1n) is 5.01. The molecule has 0 aromatic carbocycles. The lowest BCUT2D eigenvalue weighted by Crippen LogP contribution is -2.06. The van der Waals surface area contributed by atoms with Gasteiger partial charge in [-0.25, -0.2) is 0 Å². The molecule has 0 aliphatic heterocycles. The maximum Gasteiger partial charge on any atom is 0.356 e. The average Bonchev–Trinajstić information content (AvgIpc) is 2.11. The van der Waals surface area contributed by atoms with Gasteiger partial charge in [-0.15, -0.1) is 20.2 Å². The molecule has 0 unspecified atom stereocenters. The van der Waals surface area contributed by atoms with Gasteiger partial charge in [0, 0.05) is 4.94 Å². The van der Waals surface area contributed by atoms with Crippen molar-refractivity contribution in [3.05, 3.63) is 20.2 Å². The van der Waals surface area contributed by atoms with Crippen molar-refractivity contribution in [2.45, 2.75) is 52.4 Å². The van der Waals surface area contributed by atoms with E-state index in [0.717, 1.165) is 0 Å². The molecule has 0 spiro atoms. The largest absolute Gasteiger partial charge is 0.356 e. The molecule has 0 heterocycles. The lowest BCUT2D eigenvalue weighted by molar-refractivity contribution is -1.03. The predicted molar refractivity (Wildman–Crippen MR) is 54.1 cm³/mol. The van der Waals surface area contributed by atoms with Gasteiger partial charge in [0.05, 0.1) is 0 Å². The first kappa shape index (κ1) is 16.0. The Morgan fingerprint density at radius 1 is 0.867 bits per heavy atom. The highest BCUT2D eigenvalue weighted by molar-refractivity contribution is 4.39. The minimum atomic E-state index is -1.50. The van der Waals surface area contributed by atoms with Crippen molar-refractivity contribution in [3.8, 4) is 0 Å². The van der Waals surface area contributed by atoms with Gasteiger partial charge in [0.2, 0.25) is 0 Å². The summed E-state index contributed by atoms with van der Waals surface area (Å²) in [6.45, 7) is 4.51. The Morgan fingerprint density at radius 2 is 1.20 bits per heavy atom. The van der Waals surface area contributed by atoms with E-state index in [2.05, 4.69) is 18.8 Å². The van der Waals surface area contributed by atoms with Gasteiger partial charge >= 0.3 is 10.2 Å². The molecule has 0 saturated carbocycles. The van der Waals surface area contributed by atoms with Crippen LogP contribution in [0.15, 0.2) is 0 Å². The predicted octanol–water partition coefficient (Wildman–Crippen LogP) is 2.75. The molecule has 0 rings (SSSR count). The van der Waals surface area contributed by atoms with Crippen molar-refractivity contribution in [1.82, 2.24) is 0 Å². The van der Waals surface area contributed by atoms with Crippen LogP contribution >= 0.6 is 0 Å². The Labute approximate surface area is 88.6 Å². The van der Waals surface area contributed by atoms with Crippen LogP contribution in [0.5, 0.6) is 0 Å². The molecule has 0 N–H and O–H groups in total. The molecule has 0 fully saturated rings. The van der Waals surface area contributed by atoms with Crippen molar-refractivity contribution in [2.75, 3.05) is 0 Å². The smallest absolute Gasteiger partial charge is 0.105 e. The highest BCUT2D eigenvalue weighted by Gasteiger charge is 2.05. The van der Waals surface area contributed by atoms with Gasteiger partial charge in [-0.1, -0.05) is 52.4 Å². The molecular formula is C8H18N2O5. The number of unbranched alkanes of at least 4 members (excludes halogenated alkanes) is 5. The Morgan fingerprint density at radius 3 is 1.33 bits per heavy atom. The van der Waals surface area contributed by atoms with Crippen molar-refractivity contribution in [2.24, 2.45) is 0 Å². The molecule has 0 radical (unpaired) electrons. The topological polar surface area (TPSA) is 95.5 Å². The number of nitrogens with zero attached hydrogens (tertiary/aromatic N) is 2. The number of hydrogen-bond acceptors (Lipinski definition) is 5. The van der Waals surface area contributed by atoms with Gasteiger partial charge in [-0.3, -0.25) is 0 Å². The van der Waals surface area contributed by atoms with Crippen LogP contribution in [0.3, 0.4) is 0 Å². The van der Waals surface area contributed by atoms with Gasteiger partial charge < -0.3 is 0 Å². The monoisotopic (exact) mass is 222 g/mol. The standard InChI is InChI=1S/C8H18.N2O5/c1-3-5-7-8-6-4-2;3-1(4)7-2(5)6/h3-8H2,1-2H3;. The maximum atomic E-state index is 8.95. The van der Waals surface area contributed by atoms with Crippen molar-refractivity contribution >= 4 is 0 Å². The summed E-state index contributed by atoms with van der Waals surface area (Å²) in [5.41, 5.74) is 0. The normalized spacial score (nSPS) is 8.67. The zero-order valence-corrected chi connectivity index (χ0v) is 9.18. The molecule has 0 bridgehead atoms. The molecule has 15 heavy (non-hydrogen) atoms. The minimum absolute atomic E-state index is 1.36. The summed E-state index contributed by atoms with van der Waals surface area (Å²) in [5.74, 6) is 0. The summed E-state index contributed by atoms with van der Waals surface area (Å²) < 4.78 is 0. The highest BCUT2D eigenvalue weighted by Crippen LogP contribution is 2.03. The molecule has 0 aliphatic carbocycles. The molecule has 7 nitrogen and oxygen atoms in total. The summed E-state index contributed by atoms with van der Waals surface area (Å²) >= 11 is 0. The van der Waals surface area contributed by atoms with Gasteiger partial charge in [0.15, 0.2) is 0 Å². The summed E-state index contributed by atoms with van der Waals surface area (Å²) in [6, 6.07) is 0. The first-order valence-corrected chi connectivity index (χ1v) is 5.01. The molecule has 0 saturated heterocycles. The molecule has 0 atom stereocenters. The third kappa shape index (κ3) is 24.5. The van der Waals surface area contributed by atoms with E-state index in [1.165, 1.54) is 38.5 Å². The molecule has 0 aliphatic rings. The molecule has 0 aromatic heterocycles. The number of rotatable bonds is 7. The molecule has 90 valence electrons. The second-order valence-electron chi connectivity index (χ2n) is 2.94. The Kier molecular flexibility index (Phi) is 13.5. The zero-order valence-electron chi connectivity index (χ0n) is 9.18. The minimum Gasteiger partial charge on any atom is -0.105 e. The van der Waals surface area contributed by atoms with Crippen LogP contribution in [0.1, 0.15) is 52.4 Å². The third-order valence-electron chi connectivity index (χ3n) is 1.59. The van der Waals surface area contributed by atoms with Crippen LogP contribution in [-0.2, 0) is 4.94 Å². The van der Waals surface area contributed by atoms with E-state index in [0.29, 0.717) is 0 Å². The SMILES string of the molecule is CCCCCCCC.O=[N+]([O-])O[N+](=O)[O-]. The average molecular weight is 222 g/mol. The highest BCUT2D eigenvalue weighted by atomic mass is 17.1. The summed E-state index contributed by atoms with van der Waals surface area (Å²) in [5, 5.41) is 14.9. The van der Waals surface area contributed by atoms with E-state index in [-0.39, 0.29) is 0 Å². The van der Waals surface area contributed by atoms with E-state index in [9.17, 15) is 0 Å². The Balaban J connectivity index is 0. The van der Waals surface area contributed by atoms with Crippen LogP contribution in [0.2, 0.25) is 0 Å². The van der Waals surface area contributed by atoms with Crippen molar-refractivity contribution in [3.63, 3.8) is 0 Å². The fraction of sp³-hybridized carbons (Fsp3) is 1.00. The van der Waals surface area contributed by atoms with E-state index in [1.54, 1.807) is 0 Å². The number of hydrogen-bond donors (Lipinski definition) is 0. The van der Waals surface area contributed by atoms with Gasteiger partial charge in [-0.2, -0.15) is 0 Å². The first-order chi connectivity index (χ1) is 7.04. The van der Waals surface area contributed by atoms with Gasteiger partial charge in [0.1, 0.15) is 0 Å². The fourth-order valence-electron chi connectivity index (χ4n) is 0.908. The zero-order chi connectivity index (χ0) is 12.1. The van der Waals surface area contributed by atoms with Gasteiger partial charge in [-0.05, 0) is 0 Å². The second-order valence-corrected chi connectivity index (χ2v) is 2.94. The third-order valence-corrected chi connectivity index (χ3v) is 1.59. The Hall–Kier alpha value is -1.40. The maximum absolute atomic E-state index is 8.95.